The highest BCUT2D eigenvalue weighted by atomic mass is 19.3. The largest absolute Gasteiger partial charge is 0.368 e. The predicted molar refractivity (Wildman–Crippen MR) is 34.8 cm³/mol. The quantitative estimate of drug-likeness (QED) is 0.595. The molecule has 0 aliphatic heterocycles. The number of alkyl halides is 2. The van der Waals surface area contributed by atoms with Gasteiger partial charge in [0.15, 0.2) is 0 Å². The second-order valence-corrected chi connectivity index (χ2v) is 3.02. The normalized spacial score (nSPS) is 36.9. The molecule has 0 aromatic rings. The van der Waals surface area contributed by atoms with Gasteiger partial charge in [-0.3, -0.25) is 4.79 Å². The maximum absolute atomic E-state index is 11.9. The lowest BCUT2D eigenvalue weighted by atomic mass is 9.68. The fraction of sp³-hybridized carbons (Fsp3) is 0.833. The Morgan fingerprint density at radius 3 is 2.27 bits per heavy atom. The summed E-state index contributed by atoms with van der Waals surface area (Å²) in [5.41, 5.74) is 9.09. The number of halogens is 2. The van der Waals surface area contributed by atoms with Crippen LogP contribution in [0.4, 0.5) is 8.78 Å². The highest BCUT2D eigenvalue weighted by Crippen LogP contribution is 2.39. The fourth-order valence-corrected chi connectivity index (χ4v) is 1.26. The van der Waals surface area contributed by atoms with Crippen LogP contribution in [0.1, 0.15) is 12.8 Å². The molecular weight excluding hydrogens is 154 g/mol. The van der Waals surface area contributed by atoms with Gasteiger partial charge in [0, 0.05) is 5.92 Å². The van der Waals surface area contributed by atoms with E-state index in [9.17, 15) is 13.6 Å². The number of hydrogen-bond donors (Lipinski definition) is 2. The Morgan fingerprint density at radius 2 is 2.00 bits per heavy atom. The summed E-state index contributed by atoms with van der Waals surface area (Å²) in [5.74, 6) is -1.43. The van der Waals surface area contributed by atoms with Crippen molar-refractivity contribution >= 4 is 5.91 Å². The molecule has 0 radical (unpaired) electrons. The van der Waals surface area contributed by atoms with Crippen LogP contribution >= 0.6 is 0 Å². The van der Waals surface area contributed by atoms with Gasteiger partial charge in [-0.2, -0.15) is 0 Å². The van der Waals surface area contributed by atoms with Gasteiger partial charge in [-0.05, 0) is 12.8 Å². The molecule has 1 rings (SSSR count). The number of primary amides is 1. The second-order valence-electron chi connectivity index (χ2n) is 3.02. The van der Waals surface area contributed by atoms with Crippen molar-refractivity contribution in [2.24, 2.45) is 17.4 Å². The third-order valence-electron chi connectivity index (χ3n) is 2.10. The summed E-state index contributed by atoms with van der Waals surface area (Å²) < 4.78 is 23.8. The SMILES string of the molecule is NC(=O)C1(N)CC(C(F)F)C1. The molecule has 0 unspecified atom stereocenters. The van der Waals surface area contributed by atoms with E-state index in [1.54, 1.807) is 0 Å². The molecule has 11 heavy (non-hydrogen) atoms. The van der Waals surface area contributed by atoms with Crippen molar-refractivity contribution in [1.29, 1.82) is 0 Å². The molecule has 1 saturated carbocycles. The summed E-state index contributed by atoms with van der Waals surface area (Å²) in [6.07, 6.45) is -2.36. The summed E-state index contributed by atoms with van der Waals surface area (Å²) in [6.45, 7) is 0. The fourth-order valence-electron chi connectivity index (χ4n) is 1.26. The zero-order chi connectivity index (χ0) is 8.65. The molecule has 1 amide bonds. The van der Waals surface area contributed by atoms with E-state index in [-0.39, 0.29) is 12.8 Å². The first kappa shape index (κ1) is 8.39. The van der Waals surface area contributed by atoms with Gasteiger partial charge in [0.25, 0.3) is 0 Å². The molecule has 64 valence electrons. The first-order chi connectivity index (χ1) is 4.96. The number of nitrogens with two attached hydrogens (primary N) is 2. The van der Waals surface area contributed by atoms with Gasteiger partial charge in [0.05, 0.1) is 5.54 Å². The highest BCUT2D eigenvalue weighted by molar-refractivity contribution is 5.85. The van der Waals surface area contributed by atoms with E-state index in [4.69, 9.17) is 11.5 Å². The molecule has 1 aliphatic carbocycles. The van der Waals surface area contributed by atoms with Crippen molar-refractivity contribution in [3.63, 3.8) is 0 Å². The van der Waals surface area contributed by atoms with Crippen LogP contribution in [0.3, 0.4) is 0 Å². The Morgan fingerprint density at radius 1 is 1.55 bits per heavy atom. The highest BCUT2D eigenvalue weighted by Gasteiger charge is 2.49. The molecule has 5 heteroatoms. The molecule has 3 nitrogen and oxygen atoms in total. The molecule has 4 N–H and O–H groups in total. The number of carbonyl (C=O) groups excluding carboxylic acids is 1. The first-order valence-corrected chi connectivity index (χ1v) is 3.32. The Balaban J connectivity index is 2.44. The minimum atomic E-state index is -2.38. The van der Waals surface area contributed by atoms with Gasteiger partial charge in [0.1, 0.15) is 0 Å². The summed E-state index contributed by atoms with van der Waals surface area (Å²) >= 11 is 0. The monoisotopic (exact) mass is 164 g/mol. The lowest BCUT2D eigenvalue weighted by Gasteiger charge is -2.41. The lowest BCUT2D eigenvalue weighted by Crippen LogP contribution is -2.61. The Bertz CT molecular complexity index is 177. The second kappa shape index (κ2) is 2.41. The van der Waals surface area contributed by atoms with Crippen molar-refractivity contribution in [2.75, 3.05) is 0 Å². The van der Waals surface area contributed by atoms with Gasteiger partial charge in [0.2, 0.25) is 12.3 Å². The van der Waals surface area contributed by atoms with Crippen molar-refractivity contribution in [3.8, 4) is 0 Å². The van der Waals surface area contributed by atoms with E-state index < -0.39 is 23.8 Å². The van der Waals surface area contributed by atoms with E-state index in [0.29, 0.717) is 0 Å². The summed E-state index contributed by atoms with van der Waals surface area (Å²) in [7, 11) is 0. The van der Waals surface area contributed by atoms with Crippen LogP contribution in [0.25, 0.3) is 0 Å². The molecule has 0 atom stereocenters. The Labute approximate surface area is 62.7 Å². The van der Waals surface area contributed by atoms with Crippen molar-refractivity contribution in [2.45, 2.75) is 24.8 Å². The van der Waals surface area contributed by atoms with E-state index in [1.807, 2.05) is 0 Å². The molecule has 1 fully saturated rings. The smallest absolute Gasteiger partial charge is 0.241 e. The van der Waals surface area contributed by atoms with Crippen molar-refractivity contribution in [3.05, 3.63) is 0 Å². The first-order valence-electron chi connectivity index (χ1n) is 3.32. The standard InChI is InChI=1S/C6H10F2N2O/c7-4(8)3-1-6(10,2-3)5(9)11/h3-4H,1-2,10H2,(H2,9,11). The number of amides is 1. The molecule has 0 aromatic heterocycles. The van der Waals surface area contributed by atoms with Crippen LogP contribution in [0, 0.1) is 5.92 Å². The number of rotatable bonds is 2. The summed E-state index contributed by atoms with van der Waals surface area (Å²) in [6, 6.07) is 0. The van der Waals surface area contributed by atoms with Crippen LogP contribution in [-0.2, 0) is 4.79 Å². The van der Waals surface area contributed by atoms with Crippen LogP contribution < -0.4 is 11.5 Å². The predicted octanol–water partition coefficient (Wildman–Crippen LogP) is -0.156. The average Bonchev–Trinajstić information content (AvgIpc) is 1.79. The average molecular weight is 164 g/mol. The molecule has 0 aromatic carbocycles. The maximum atomic E-state index is 11.9. The minimum absolute atomic E-state index is 0.0139. The van der Waals surface area contributed by atoms with Gasteiger partial charge >= 0.3 is 0 Å². The van der Waals surface area contributed by atoms with Crippen molar-refractivity contribution < 1.29 is 13.6 Å². The summed E-state index contributed by atoms with van der Waals surface area (Å²) in [5, 5.41) is 0. The Kier molecular flexibility index (Phi) is 1.83. The molecule has 0 bridgehead atoms. The molecule has 0 spiro atoms. The maximum Gasteiger partial charge on any atom is 0.241 e. The van der Waals surface area contributed by atoms with E-state index in [1.165, 1.54) is 0 Å². The topological polar surface area (TPSA) is 69.1 Å². The minimum Gasteiger partial charge on any atom is -0.368 e. The van der Waals surface area contributed by atoms with Gasteiger partial charge in [-0.25, -0.2) is 8.78 Å². The van der Waals surface area contributed by atoms with Gasteiger partial charge in [-0.1, -0.05) is 0 Å². The third-order valence-corrected chi connectivity index (χ3v) is 2.10. The van der Waals surface area contributed by atoms with Crippen LogP contribution in [-0.4, -0.2) is 17.9 Å². The van der Waals surface area contributed by atoms with E-state index in [2.05, 4.69) is 0 Å². The number of hydrogen-bond acceptors (Lipinski definition) is 2. The van der Waals surface area contributed by atoms with Crippen LogP contribution in [0.5, 0.6) is 0 Å². The van der Waals surface area contributed by atoms with E-state index in [0.717, 1.165) is 0 Å². The summed E-state index contributed by atoms with van der Waals surface area (Å²) in [4.78, 5) is 10.5. The van der Waals surface area contributed by atoms with Gasteiger partial charge < -0.3 is 11.5 Å². The van der Waals surface area contributed by atoms with Crippen LogP contribution in [0.2, 0.25) is 0 Å². The molecule has 0 saturated heterocycles. The molecule has 0 heterocycles. The van der Waals surface area contributed by atoms with Crippen molar-refractivity contribution in [1.82, 2.24) is 0 Å². The lowest BCUT2D eigenvalue weighted by molar-refractivity contribution is -0.131. The molecular formula is C6H10F2N2O. The van der Waals surface area contributed by atoms with Gasteiger partial charge in [-0.15, -0.1) is 0 Å². The zero-order valence-electron chi connectivity index (χ0n) is 5.89. The zero-order valence-corrected chi connectivity index (χ0v) is 5.89. The number of carbonyl (C=O) groups is 1. The van der Waals surface area contributed by atoms with Crippen LogP contribution in [0.15, 0.2) is 0 Å². The Hall–Kier alpha value is -0.710. The van der Waals surface area contributed by atoms with E-state index >= 15 is 0 Å². The molecule has 1 aliphatic rings. The third kappa shape index (κ3) is 1.33.